The van der Waals surface area contributed by atoms with Crippen molar-refractivity contribution in [3.05, 3.63) is 77.2 Å². The molecule has 6 heteroatoms. The van der Waals surface area contributed by atoms with E-state index >= 15 is 0 Å². The van der Waals surface area contributed by atoms with Crippen LogP contribution in [0.2, 0.25) is 0 Å². The number of nitrogens with zero attached hydrogens (tertiary/aromatic N) is 4. The summed E-state index contributed by atoms with van der Waals surface area (Å²) in [6, 6.07) is 12.6. The van der Waals surface area contributed by atoms with E-state index in [1.54, 1.807) is 12.4 Å². The quantitative estimate of drug-likeness (QED) is 0.544. The Hall–Kier alpha value is -3.51. The third-order valence-corrected chi connectivity index (χ3v) is 5.89. The van der Waals surface area contributed by atoms with Gasteiger partial charge in [0, 0.05) is 36.4 Å². The number of pyridine rings is 1. The first-order valence-corrected chi connectivity index (χ1v) is 10.5. The molecule has 31 heavy (non-hydrogen) atoms. The van der Waals surface area contributed by atoms with Crippen molar-refractivity contribution in [2.45, 2.75) is 26.5 Å². The largest absolute Gasteiger partial charge is 0.470 e. The maximum absolute atomic E-state index is 6.07. The number of ether oxygens (including phenoxy) is 1. The average Bonchev–Trinajstić information content (AvgIpc) is 2.78. The second-order valence-corrected chi connectivity index (χ2v) is 8.21. The molecule has 5 rings (SSSR count). The molecule has 3 heterocycles. The first kappa shape index (κ1) is 19.5. The third kappa shape index (κ3) is 3.94. The third-order valence-electron chi connectivity index (χ3n) is 5.89. The van der Waals surface area contributed by atoms with Crippen molar-refractivity contribution in [1.29, 1.82) is 0 Å². The minimum absolute atomic E-state index is 0.295. The van der Waals surface area contributed by atoms with Gasteiger partial charge in [0.25, 0.3) is 5.88 Å². The number of hydrogen-bond acceptors (Lipinski definition) is 6. The summed E-state index contributed by atoms with van der Waals surface area (Å²) in [6.45, 7) is 4.59. The van der Waals surface area contributed by atoms with Crippen LogP contribution in [0.5, 0.6) is 5.88 Å². The minimum atomic E-state index is 0.295. The molecule has 2 aromatic carbocycles. The fourth-order valence-corrected chi connectivity index (χ4v) is 4.21. The average molecular weight is 412 g/mol. The predicted octanol–water partition coefficient (Wildman–Crippen LogP) is 4.15. The number of fused-ring (bicyclic) bond motifs is 2. The summed E-state index contributed by atoms with van der Waals surface area (Å²) < 4.78 is 5.97. The summed E-state index contributed by atoms with van der Waals surface area (Å²) in [6.07, 6.45) is 6.45. The van der Waals surface area contributed by atoms with Crippen molar-refractivity contribution in [2.75, 3.05) is 19.3 Å². The molecular weight excluding hydrogens is 386 g/mol. The standard InChI is InChI=1S/C25H25N5O/c1-16-9-20(11-21-14-30(2)8-6-22(16)21)23-13-28-24(26)25(29-23)31-15-17-3-4-19-12-27-7-5-18(19)10-17/h3-5,7,9-13H,6,8,14-15H2,1-2H3,(H2,26,28). The van der Waals surface area contributed by atoms with Gasteiger partial charge in [-0.15, -0.1) is 0 Å². The second-order valence-electron chi connectivity index (χ2n) is 8.21. The zero-order chi connectivity index (χ0) is 21.4. The highest BCUT2D eigenvalue weighted by Crippen LogP contribution is 2.30. The van der Waals surface area contributed by atoms with Crippen LogP contribution in [0.4, 0.5) is 5.82 Å². The van der Waals surface area contributed by atoms with Gasteiger partial charge in [-0.3, -0.25) is 4.98 Å². The van der Waals surface area contributed by atoms with Crippen molar-refractivity contribution < 1.29 is 4.74 Å². The van der Waals surface area contributed by atoms with Gasteiger partial charge in [-0.2, -0.15) is 0 Å². The first-order valence-electron chi connectivity index (χ1n) is 10.5. The predicted molar refractivity (Wildman–Crippen MR) is 123 cm³/mol. The number of aryl methyl sites for hydroxylation is 1. The van der Waals surface area contributed by atoms with E-state index in [0.717, 1.165) is 47.1 Å². The molecule has 0 saturated carbocycles. The molecule has 1 aliphatic heterocycles. The number of anilines is 1. The second kappa shape index (κ2) is 7.96. The van der Waals surface area contributed by atoms with Crippen molar-refractivity contribution in [3.8, 4) is 17.1 Å². The number of nitrogens with two attached hydrogens (primary N) is 1. The number of hydrogen-bond donors (Lipinski definition) is 1. The van der Waals surface area contributed by atoms with Gasteiger partial charge in [-0.1, -0.05) is 12.1 Å². The molecular formula is C25H25N5O. The van der Waals surface area contributed by atoms with E-state index in [2.05, 4.69) is 47.0 Å². The van der Waals surface area contributed by atoms with Gasteiger partial charge in [0.1, 0.15) is 6.61 Å². The SMILES string of the molecule is Cc1cc(-c2cnc(N)c(OCc3ccc4cnccc4c3)n2)cc2c1CCN(C)C2. The van der Waals surface area contributed by atoms with Crippen molar-refractivity contribution >= 4 is 16.6 Å². The van der Waals surface area contributed by atoms with E-state index in [9.17, 15) is 0 Å². The van der Waals surface area contributed by atoms with Crippen LogP contribution in [0.3, 0.4) is 0 Å². The van der Waals surface area contributed by atoms with Crippen LogP contribution in [-0.4, -0.2) is 33.4 Å². The van der Waals surface area contributed by atoms with Crippen LogP contribution in [-0.2, 0) is 19.6 Å². The zero-order valence-electron chi connectivity index (χ0n) is 17.8. The molecule has 0 aliphatic carbocycles. The number of benzene rings is 2. The first-order chi connectivity index (χ1) is 15.1. The lowest BCUT2D eigenvalue weighted by Crippen LogP contribution is -2.27. The lowest BCUT2D eigenvalue weighted by atomic mass is 9.92. The molecule has 2 N–H and O–H groups in total. The van der Waals surface area contributed by atoms with Gasteiger partial charge < -0.3 is 15.4 Å². The number of aromatic nitrogens is 3. The molecule has 2 aromatic heterocycles. The molecule has 0 fully saturated rings. The Morgan fingerprint density at radius 2 is 2.00 bits per heavy atom. The Labute approximate surface area is 181 Å². The number of likely N-dealkylation sites (N-methyl/N-ethyl adjacent to an activating group) is 1. The van der Waals surface area contributed by atoms with E-state index < -0.39 is 0 Å². The Kier molecular flexibility index (Phi) is 5.00. The van der Waals surface area contributed by atoms with Gasteiger partial charge in [-0.25, -0.2) is 9.97 Å². The highest BCUT2D eigenvalue weighted by atomic mass is 16.5. The highest BCUT2D eigenvalue weighted by Gasteiger charge is 2.17. The molecule has 0 unspecified atom stereocenters. The van der Waals surface area contributed by atoms with Crippen LogP contribution in [0, 0.1) is 6.92 Å². The maximum atomic E-state index is 6.07. The fourth-order valence-electron chi connectivity index (χ4n) is 4.21. The van der Waals surface area contributed by atoms with Crippen LogP contribution >= 0.6 is 0 Å². The molecule has 0 spiro atoms. The van der Waals surface area contributed by atoms with Crippen LogP contribution in [0.25, 0.3) is 22.0 Å². The molecule has 0 bridgehead atoms. The molecule has 0 atom stereocenters. The lowest BCUT2D eigenvalue weighted by molar-refractivity contribution is 0.295. The van der Waals surface area contributed by atoms with Crippen molar-refractivity contribution in [3.63, 3.8) is 0 Å². The molecule has 0 radical (unpaired) electrons. The fraction of sp³-hybridized carbons (Fsp3) is 0.240. The maximum Gasteiger partial charge on any atom is 0.258 e. The molecule has 0 amide bonds. The van der Waals surface area contributed by atoms with Gasteiger partial charge in [-0.05, 0) is 72.3 Å². The van der Waals surface area contributed by atoms with Crippen LogP contribution < -0.4 is 10.5 Å². The van der Waals surface area contributed by atoms with Gasteiger partial charge >= 0.3 is 0 Å². The number of rotatable bonds is 4. The van der Waals surface area contributed by atoms with Crippen LogP contribution in [0.1, 0.15) is 22.3 Å². The normalized spacial score (nSPS) is 13.9. The van der Waals surface area contributed by atoms with Gasteiger partial charge in [0.15, 0.2) is 5.82 Å². The Balaban J connectivity index is 1.41. The highest BCUT2D eigenvalue weighted by molar-refractivity contribution is 5.82. The zero-order valence-corrected chi connectivity index (χ0v) is 17.8. The summed E-state index contributed by atoms with van der Waals surface area (Å²) in [4.78, 5) is 15.5. The van der Waals surface area contributed by atoms with E-state index in [1.165, 1.54) is 16.7 Å². The molecule has 156 valence electrons. The molecule has 6 nitrogen and oxygen atoms in total. The summed E-state index contributed by atoms with van der Waals surface area (Å²) in [5.74, 6) is 0.656. The lowest BCUT2D eigenvalue weighted by Gasteiger charge is -2.27. The van der Waals surface area contributed by atoms with E-state index in [4.69, 9.17) is 15.5 Å². The summed E-state index contributed by atoms with van der Waals surface area (Å²) in [7, 11) is 2.16. The van der Waals surface area contributed by atoms with E-state index in [-0.39, 0.29) is 0 Å². The Morgan fingerprint density at radius 3 is 2.90 bits per heavy atom. The Morgan fingerprint density at radius 1 is 1.10 bits per heavy atom. The smallest absolute Gasteiger partial charge is 0.258 e. The summed E-state index contributed by atoms with van der Waals surface area (Å²) >= 11 is 0. The van der Waals surface area contributed by atoms with Crippen molar-refractivity contribution in [2.24, 2.45) is 0 Å². The van der Waals surface area contributed by atoms with Gasteiger partial charge in [0.2, 0.25) is 0 Å². The minimum Gasteiger partial charge on any atom is -0.470 e. The summed E-state index contributed by atoms with van der Waals surface area (Å²) in [5, 5.41) is 2.22. The number of nitrogen functional groups attached to an aromatic ring is 1. The van der Waals surface area contributed by atoms with Gasteiger partial charge in [0.05, 0.1) is 11.9 Å². The van der Waals surface area contributed by atoms with E-state index in [0.29, 0.717) is 18.3 Å². The molecule has 0 saturated heterocycles. The van der Waals surface area contributed by atoms with E-state index in [1.807, 2.05) is 24.4 Å². The molecule has 4 aromatic rings. The molecule has 1 aliphatic rings. The Bertz CT molecular complexity index is 1270. The topological polar surface area (TPSA) is 77.2 Å². The monoisotopic (exact) mass is 411 g/mol. The van der Waals surface area contributed by atoms with Crippen molar-refractivity contribution in [1.82, 2.24) is 19.9 Å². The summed E-state index contributed by atoms with van der Waals surface area (Å²) in [5.41, 5.74) is 13.0. The van der Waals surface area contributed by atoms with Crippen LogP contribution in [0.15, 0.2) is 55.0 Å².